The Morgan fingerprint density at radius 3 is 2.50 bits per heavy atom. The molecule has 18 heavy (non-hydrogen) atoms. The van der Waals surface area contributed by atoms with Crippen molar-refractivity contribution in [1.82, 2.24) is 19.1 Å². The Morgan fingerprint density at radius 1 is 1.17 bits per heavy atom. The third-order valence-electron chi connectivity index (χ3n) is 2.55. The van der Waals surface area contributed by atoms with Gasteiger partial charge in [0.05, 0.1) is 18.1 Å². The van der Waals surface area contributed by atoms with E-state index in [1.165, 1.54) is 36.4 Å². The molecule has 0 saturated carbocycles. The lowest BCUT2D eigenvalue weighted by Gasteiger charge is -2.10. The third-order valence-corrected chi connectivity index (χ3v) is 2.55. The number of ether oxygens (including phenoxy) is 1. The van der Waals surface area contributed by atoms with E-state index in [0.29, 0.717) is 11.4 Å². The van der Waals surface area contributed by atoms with Crippen molar-refractivity contribution in [3.8, 4) is 5.75 Å². The molecule has 0 amide bonds. The van der Waals surface area contributed by atoms with Crippen LogP contribution in [-0.2, 0) is 20.7 Å². The smallest absolute Gasteiger partial charge is 0.330 e. The van der Waals surface area contributed by atoms with Crippen molar-refractivity contribution >= 4 is 0 Å². The van der Waals surface area contributed by atoms with E-state index in [4.69, 9.17) is 4.74 Å². The van der Waals surface area contributed by atoms with Gasteiger partial charge in [0, 0.05) is 20.2 Å². The largest absolute Gasteiger partial charge is 0.484 e. The quantitative estimate of drug-likeness (QED) is 0.728. The van der Waals surface area contributed by atoms with Crippen molar-refractivity contribution in [1.29, 1.82) is 0 Å². The van der Waals surface area contributed by atoms with Crippen molar-refractivity contribution in [2.45, 2.75) is 6.61 Å². The van der Waals surface area contributed by atoms with Crippen LogP contribution in [-0.4, -0.2) is 19.1 Å². The maximum atomic E-state index is 11.7. The first kappa shape index (κ1) is 12.0. The zero-order valence-corrected chi connectivity index (χ0v) is 10.0. The van der Waals surface area contributed by atoms with E-state index in [2.05, 4.69) is 9.97 Å². The summed E-state index contributed by atoms with van der Waals surface area (Å²) in [5, 5.41) is 0. The molecule has 0 aliphatic carbocycles. The maximum Gasteiger partial charge on any atom is 0.330 e. The maximum absolute atomic E-state index is 11.7. The summed E-state index contributed by atoms with van der Waals surface area (Å²) in [5.41, 5.74) is -0.252. The van der Waals surface area contributed by atoms with E-state index in [-0.39, 0.29) is 17.9 Å². The van der Waals surface area contributed by atoms with Gasteiger partial charge in [-0.1, -0.05) is 0 Å². The van der Waals surface area contributed by atoms with E-state index < -0.39 is 0 Å². The summed E-state index contributed by atoms with van der Waals surface area (Å²) in [6, 6.07) is 1.37. The van der Waals surface area contributed by atoms with Crippen LogP contribution in [0.15, 0.2) is 34.4 Å². The molecule has 2 heterocycles. The molecule has 0 fully saturated rings. The van der Waals surface area contributed by atoms with Crippen LogP contribution in [0.2, 0.25) is 0 Å². The van der Waals surface area contributed by atoms with Gasteiger partial charge in [-0.25, -0.2) is 14.8 Å². The van der Waals surface area contributed by atoms with Crippen LogP contribution < -0.4 is 16.0 Å². The van der Waals surface area contributed by atoms with Crippen molar-refractivity contribution in [3.05, 3.63) is 51.3 Å². The first-order valence-electron chi connectivity index (χ1n) is 5.23. The minimum absolute atomic E-state index is 0.106. The summed E-state index contributed by atoms with van der Waals surface area (Å²) >= 11 is 0. The lowest BCUT2D eigenvalue weighted by molar-refractivity contribution is 0.291. The van der Waals surface area contributed by atoms with Crippen LogP contribution in [0.3, 0.4) is 0 Å². The summed E-state index contributed by atoms with van der Waals surface area (Å²) < 4.78 is 7.79. The van der Waals surface area contributed by atoms with Crippen LogP contribution in [0.5, 0.6) is 5.75 Å². The SMILES string of the molecule is Cn1c(COc2cncnc2)cc(=O)n(C)c1=O. The monoisotopic (exact) mass is 248 g/mol. The standard InChI is InChI=1S/C11H12N4O3/c1-14-8(3-10(16)15(2)11(14)17)6-18-9-4-12-7-13-5-9/h3-5,7H,6H2,1-2H3. The predicted molar refractivity (Wildman–Crippen MR) is 63.3 cm³/mol. The van der Waals surface area contributed by atoms with Gasteiger partial charge in [0.2, 0.25) is 0 Å². The third kappa shape index (κ3) is 2.29. The predicted octanol–water partition coefficient (Wildman–Crippen LogP) is -0.547. The second-order valence-corrected chi connectivity index (χ2v) is 3.74. The van der Waals surface area contributed by atoms with E-state index in [1.54, 1.807) is 7.05 Å². The Bertz CT molecular complexity index is 660. The number of hydrogen-bond acceptors (Lipinski definition) is 5. The average molecular weight is 248 g/mol. The topological polar surface area (TPSA) is 79.0 Å². The second kappa shape index (κ2) is 4.82. The Balaban J connectivity index is 2.26. The van der Waals surface area contributed by atoms with Gasteiger partial charge in [-0.15, -0.1) is 0 Å². The first-order chi connectivity index (χ1) is 8.59. The summed E-state index contributed by atoms with van der Waals surface area (Å²) in [7, 11) is 3.02. The molecule has 0 aliphatic heterocycles. The highest BCUT2D eigenvalue weighted by molar-refractivity contribution is 5.11. The molecule has 0 radical (unpaired) electrons. The lowest BCUT2D eigenvalue weighted by Crippen LogP contribution is -2.38. The van der Waals surface area contributed by atoms with Crippen LogP contribution in [0.25, 0.3) is 0 Å². The Morgan fingerprint density at radius 2 is 1.83 bits per heavy atom. The highest BCUT2D eigenvalue weighted by Crippen LogP contribution is 2.06. The molecule has 0 N–H and O–H groups in total. The molecule has 2 aromatic heterocycles. The number of hydrogen-bond donors (Lipinski definition) is 0. The zero-order valence-electron chi connectivity index (χ0n) is 10.0. The Kier molecular flexibility index (Phi) is 3.22. The molecule has 2 rings (SSSR count). The highest BCUT2D eigenvalue weighted by atomic mass is 16.5. The molecular formula is C11H12N4O3. The molecule has 0 atom stereocenters. The number of nitrogens with zero attached hydrogens (tertiary/aromatic N) is 4. The van der Waals surface area contributed by atoms with Crippen LogP contribution in [0, 0.1) is 0 Å². The normalized spacial score (nSPS) is 10.3. The Labute approximate surface area is 102 Å². The first-order valence-corrected chi connectivity index (χ1v) is 5.23. The molecule has 0 aliphatic rings. The summed E-state index contributed by atoms with van der Waals surface area (Å²) in [6.07, 6.45) is 4.40. The minimum atomic E-state index is -0.384. The van der Waals surface area contributed by atoms with Crippen molar-refractivity contribution in [3.63, 3.8) is 0 Å². The van der Waals surface area contributed by atoms with Gasteiger partial charge in [-0.3, -0.25) is 13.9 Å². The Hall–Kier alpha value is -2.44. The fourth-order valence-corrected chi connectivity index (χ4v) is 1.43. The fourth-order valence-electron chi connectivity index (χ4n) is 1.43. The number of rotatable bonds is 3. The van der Waals surface area contributed by atoms with Crippen molar-refractivity contribution in [2.24, 2.45) is 14.1 Å². The van der Waals surface area contributed by atoms with Gasteiger partial charge in [-0.05, 0) is 0 Å². The second-order valence-electron chi connectivity index (χ2n) is 3.74. The molecule has 7 nitrogen and oxygen atoms in total. The molecule has 0 aromatic carbocycles. The van der Waals surface area contributed by atoms with E-state index >= 15 is 0 Å². The molecule has 2 aromatic rings. The van der Waals surface area contributed by atoms with Crippen LogP contribution >= 0.6 is 0 Å². The zero-order chi connectivity index (χ0) is 13.1. The molecule has 94 valence electrons. The van der Waals surface area contributed by atoms with Gasteiger partial charge in [-0.2, -0.15) is 0 Å². The molecule has 0 unspecified atom stereocenters. The highest BCUT2D eigenvalue weighted by Gasteiger charge is 2.06. The van der Waals surface area contributed by atoms with Crippen LogP contribution in [0.1, 0.15) is 5.69 Å². The van der Waals surface area contributed by atoms with Gasteiger partial charge >= 0.3 is 5.69 Å². The number of aromatic nitrogens is 4. The lowest BCUT2D eigenvalue weighted by atomic mass is 10.4. The van der Waals surface area contributed by atoms with Gasteiger partial charge in [0.25, 0.3) is 5.56 Å². The minimum Gasteiger partial charge on any atom is -0.484 e. The molecule has 0 saturated heterocycles. The summed E-state index contributed by atoms with van der Waals surface area (Å²) in [5.74, 6) is 0.477. The van der Waals surface area contributed by atoms with Gasteiger partial charge in [0.15, 0.2) is 5.75 Å². The molecular weight excluding hydrogens is 236 g/mol. The van der Waals surface area contributed by atoms with E-state index in [9.17, 15) is 9.59 Å². The van der Waals surface area contributed by atoms with Crippen molar-refractivity contribution in [2.75, 3.05) is 0 Å². The van der Waals surface area contributed by atoms with Crippen LogP contribution in [0.4, 0.5) is 0 Å². The van der Waals surface area contributed by atoms with Gasteiger partial charge in [0.1, 0.15) is 12.9 Å². The van der Waals surface area contributed by atoms with Gasteiger partial charge < -0.3 is 4.74 Å². The average Bonchev–Trinajstić information content (AvgIpc) is 2.40. The molecule has 0 bridgehead atoms. The van der Waals surface area contributed by atoms with E-state index in [0.717, 1.165) is 4.57 Å². The van der Waals surface area contributed by atoms with Crippen molar-refractivity contribution < 1.29 is 4.74 Å². The molecule has 7 heteroatoms. The fraction of sp³-hybridized carbons (Fsp3) is 0.273. The summed E-state index contributed by atoms with van der Waals surface area (Å²) in [6.45, 7) is 0.106. The summed E-state index contributed by atoms with van der Waals surface area (Å²) in [4.78, 5) is 30.8. The molecule has 0 spiro atoms. The van der Waals surface area contributed by atoms with E-state index in [1.807, 2.05) is 0 Å².